The van der Waals surface area contributed by atoms with Crippen LogP contribution in [0.25, 0.3) is 0 Å². The number of tetrazole rings is 1. The Morgan fingerprint density at radius 2 is 2.10 bits per heavy atom. The van der Waals surface area contributed by atoms with Gasteiger partial charge < -0.3 is 0 Å². The average Bonchev–Trinajstić information content (AvgIpc) is 2.98. The highest BCUT2D eigenvalue weighted by Crippen LogP contribution is 2.33. The van der Waals surface area contributed by atoms with Crippen LogP contribution in [0.4, 0.5) is 4.39 Å². The molecule has 0 radical (unpaired) electrons. The van der Waals surface area contributed by atoms with Crippen molar-refractivity contribution in [3.63, 3.8) is 0 Å². The third kappa shape index (κ3) is 3.04. The van der Waals surface area contributed by atoms with Gasteiger partial charge in [-0.3, -0.25) is 0 Å². The molecule has 0 aromatic carbocycles. The Bertz CT molecular complexity index is 610. The lowest BCUT2D eigenvalue weighted by atomic mass is 9.96. The predicted molar refractivity (Wildman–Crippen MR) is 75.4 cm³/mol. The molecule has 3 rings (SSSR count). The fourth-order valence-corrected chi connectivity index (χ4v) is 3.44. The summed E-state index contributed by atoms with van der Waals surface area (Å²) < 4.78 is 16.0. The van der Waals surface area contributed by atoms with Gasteiger partial charge in [-0.25, -0.2) is 19.0 Å². The van der Waals surface area contributed by atoms with Crippen LogP contribution in [0.15, 0.2) is 16.5 Å². The maximum absolute atomic E-state index is 14.2. The van der Waals surface area contributed by atoms with Gasteiger partial charge in [-0.2, -0.15) is 0 Å². The monoisotopic (exact) mass is 308 g/mol. The molecule has 8 heteroatoms. The van der Waals surface area contributed by atoms with Crippen molar-refractivity contribution in [2.45, 2.75) is 61.7 Å². The maximum Gasteiger partial charge on any atom is 0.215 e. The second-order valence-electron chi connectivity index (χ2n) is 5.09. The molecular formula is C13H17FN6S. The minimum absolute atomic E-state index is 0.286. The standard InChI is InChI=1S/C13H17FN6S/c1-2-10-11(14)12(16-8-15-10)21-13-17-18-19-20(13)9-6-4-3-5-7-9/h8-9H,2-7H2,1H3. The largest absolute Gasteiger partial charge is 0.238 e. The van der Waals surface area contributed by atoms with E-state index in [4.69, 9.17) is 0 Å². The first-order valence-corrected chi connectivity index (χ1v) is 8.06. The molecule has 0 N–H and O–H groups in total. The molecule has 0 atom stereocenters. The molecule has 0 saturated heterocycles. The van der Waals surface area contributed by atoms with Crippen molar-refractivity contribution in [3.8, 4) is 0 Å². The van der Waals surface area contributed by atoms with E-state index in [0.29, 0.717) is 23.3 Å². The summed E-state index contributed by atoms with van der Waals surface area (Å²) in [6, 6.07) is 0.312. The summed E-state index contributed by atoms with van der Waals surface area (Å²) in [5, 5.41) is 12.7. The topological polar surface area (TPSA) is 69.4 Å². The number of hydrogen-bond donors (Lipinski definition) is 0. The zero-order valence-corrected chi connectivity index (χ0v) is 12.7. The van der Waals surface area contributed by atoms with Crippen molar-refractivity contribution in [1.29, 1.82) is 0 Å². The van der Waals surface area contributed by atoms with Crippen molar-refractivity contribution >= 4 is 11.8 Å². The maximum atomic E-state index is 14.2. The van der Waals surface area contributed by atoms with Gasteiger partial charge >= 0.3 is 0 Å². The molecule has 1 fully saturated rings. The van der Waals surface area contributed by atoms with Crippen molar-refractivity contribution in [2.75, 3.05) is 0 Å². The van der Waals surface area contributed by atoms with E-state index in [0.717, 1.165) is 12.8 Å². The number of rotatable bonds is 4. The summed E-state index contributed by atoms with van der Waals surface area (Å²) in [6.07, 6.45) is 7.72. The number of hydrogen-bond acceptors (Lipinski definition) is 6. The summed E-state index contributed by atoms with van der Waals surface area (Å²) in [5.74, 6) is -0.372. The molecule has 0 amide bonds. The molecule has 0 aliphatic heterocycles. The summed E-state index contributed by atoms with van der Waals surface area (Å²) in [6.45, 7) is 1.87. The molecule has 0 bridgehead atoms. The Balaban J connectivity index is 1.84. The zero-order valence-electron chi connectivity index (χ0n) is 11.9. The number of nitrogens with zero attached hydrogens (tertiary/aromatic N) is 6. The Morgan fingerprint density at radius 1 is 1.29 bits per heavy atom. The Morgan fingerprint density at radius 3 is 2.86 bits per heavy atom. The summed E-state index contributed by atoms with van der Waals surface area (Å²) in [7, 11) is 0. The van der Waals surface area contributed by atoms with Crippen molar-refractivity contribution in [3.05, 3.63) is 17.8 Å². The van der Waals surface area contributed by atoms with E-state index >= 15 is 0 Å². The van der Waals surface area contributed by atoms with E-state index in [1.54, 1.807) is 0 Å². The van der Waals surface area contributed by atoms with Gasteiger partial charge in [0, 0.05) is 0 Å². The van der Waals surface area contributed by atoms with Gasteiger partial charge in [0.05, 0.1) is 11.7 Å². The number of halogens is 1. The Kier molecular flexibility index (Phi) is 4.42. The van der Waals surface area contributed by atoms with E-state index in [9.17, 15) is 4.39 Å². The molecule has 112 valence electrons. The van der Waals surface area contributed by atoms with Gasteiger partial charge in [0.2, 0.25) is 5.16 Å². The molecule has 6 nitrogen and oxygen atoms in total. The van der Waals surface area contributed by atoms with Crippen LogP contribution in [0.1, 0.15) is 50.8 Å². The van der Waals surface area contributed by atoms with Gasteiger partial charge in [-0.1, -0.05) is 26.2 Å². The number of aryl methyl sites for hydroxylation is 1. The van der Waals surface area contributed by atoms with Gasteiger partial charge in [-0.05, 0) is 41.5 Å². The van der Waals surface area contributed by atoms with Crippen molar-refractivity contribution < 1.29 is 4.39 Å². The fraction of sp³-hybridized carbons (Fsp3) is 0.615. The second kappa shape index (κ2) is 6.46. The predicted octanol–water partition coefficient (Wildman–Crippen LogP) is 2.82. The molecular weight excluding hydrogens is 291 g/mol. The smallest absolute Gasteiger partial charge is 0.215 e. The first-order chi connectivity index (χ1) is 10.3. The summed E-state index contributed by atoms with van der Waals surface area (Å²) >= 11 is 1.17. The minimum Gasteiger partial charge on any atom is -0.238 e. The zero-order chi connectivity index (χ0) is 14.7. The molecule has 2 aromatic heterocycles. The lowest BCUT2D eigenvalue weighted by Crippen LogP contribution is -2.15. The van der Waals surface area contributed by atoms with Crippen LogP contribution in [0, 0.1) is 5.82 Å². The van der Waals surface area contributed by atoms with Crippen LogP contribution < -0.4 is 0 Å². The fourth-order valence-electron chi connectivity index (χ4n) is 2.60. The first kappa shape index (κ1) is 14.4. The molecule has 2 heterocycles. The van der Waals surface area contributed by atoms with Crippen molar-refractivity contribution in [2.24, 2.45) is 0 Å². The highest BCUT2D eigenvalue weighted by atomic mass is 32.2. The quantitative estimate of drug-likeness (QED) is 0.809. The van der Waals surface area contributed by atoms with Crippen LogP contribution in [-0.2, 0) is 6.42 Å². The molecule has 21 heavy (non-hydrogen) atoms. The van der Waals surface area contributed by atoms with Crippen LogP contribution in [0.2, 0.25) is 0 Å². The lowest BCUT2D eigenvalue weighted by Gasteiger charge is -2.21. The van der Waals surface area contributed by atoms with E-state index in [2.05, 4.69) is 25.5 Å². The average molecular weight is 308 g/mol. The van der Waals surface area contributed by atoms with E-state index in [1.165, 1.54) is 37.4 Å². The third-order valence-corrected chi connectivity index (χ3v) is 4.66. The molecule has 0 spiro atoms. The lowest BCUT2D eigenvalue weighted by molar-refractivity contribution is 0.307. The van der Waals surface area contributed by atoms with Crippen LogP contribution in [-0.4, -0.2) is 30.2 Å². The Hall–Kier alpha value is -1.57. The summed E-state index contributed by atoms with van der Waals surface area (Å²) in [4.78, 5) is 7.96. The van der Waals surface area contributed by atoms with E-state index in [1.807, 2.05) is 11.6 Å². The highest BCUT2D eigenvalue weighted by molar-refractivity contribution is 7.99. The minimum atomic E-state index is -0.372. The third-order valence-electron chi connectivity index (χ3n) is 3.74. The Labute approximate surface area is 126 Å². The molecule has 2 aromatic rings. The van der Waals surface area contributed by atoms with E-state index < -0.39 is 0 Å². The van der Waals surface area contributed by atoms with Crippen LogP contribution in [0.3, 0.4) is 0 Å². The van der Waals surface area contributed by atoms with Crippen LogP contribution >= 0.6 is 11.8 Å². The van der Waals surface area contributed by atoms with E-state index in [-0.39, 0.29) is 10.8 Å². The SMILES string of the molecule is CCc1ncnc(Sc2nnnn2C2CCCCC2)c1F. The van der Waals surface area contributed by atoms with Gasteiger partial charge in [-0.15, -0.1) is 5.10 Å². The summed E-state index contributed by atoms with van der Waals surface area (Å²) in [5.41, 5.74) is 0.421. The molecule has 1 aliphatic rings. The second-order valence-corrected chi connectivity index (χ2v) is 6.05. The van der Waals surface area contributed by atoms with Crippen LogP contribution in [0.5, 0.6) is 0 Å². The first-order valence-electron chi connectivity index (χ1n) is 7.24. The normalized spacial score (nSPS) is 16.3. The molecule has 0 unspecified atom stereocenters. The van der Waals surface area contributed by atoms with Crippen molar-refractivity contribution in [1.82, 2.24) is 30.2 Å². The van der Waals surface area contributed by atoms with Gasteiger partial charge in [0.1, 0.15) is 11.4 Å². The molecule has 1 saturated carbocycles. The molecule has 1 aliphatic carbocycles. The van der Waals surface area contributed by atoms with Gasteiger partial charge in [0.25, 0.3) is 0 Å². The number of aromatic nitrogens is 6. The van der Waals surface area contributed by atoms with Gasteiger partial charge in [0.15, 0.2) is 5.82 Å². The highest BCUT2D eigenvalue weighted by Gasteiger charge is 2.22.